The third kappa shape index (κ3) is 11.0. The van der Waals surface area contributed by atoms with Crippen molar-refractivity contribution in [3.8, 4) is 0 Å². The number of rotatable bonds is 16. The van der Waals surface area contributed by atoms with Gasteiger partial charge in [0.1, 0.15) is 18.1 Å². The number of carboxylic acids is 1. The van der Waals surface area contributed by atoms with Crippen molar-refractivity contribution in [2.75, 3.05) is 17.8 Å². The van der Waals surface area contributed by atoms with E-state index in [0.717, 1.165) is 0 Å². The van der Waals surface area contributed by atoms with Crippen LogP contribution in [-0.4, -0.2) is 76.6 Å². The number of thiol groups is 1. The Morgan fingerprint density at radius 1 is 0.969 bits per heavy atom. The number of nitrogens with two attached hydrogens (primary N) is 2. The molecule has 0 fully saturated rings. The van der Waals surface area contributed by atoms with Crippen molar-refractivity contribution in [3.63, 3.8) is 0 Å². The predicted octanol–water partition coefficient (Wildman–Crippen LogP) is -1.15. The molecular weight excluding hydrogens is 458 g/mol. The number of thioether (sulfide) groups is 1. The summed E-state index contributed by atoms with van der Waals surface area (Å²) in [5.41, 5.74) is 11.0. The zero-order valence-electron chi connectivity index (χ0n) is 18.6. The highest BCUT2D eigenvalue weighted by molar-refractivity contribution is 7.98. The third-order valence-corrected chi connectivity index (χ3v) is 5.92. The van der Waals surface area contributed by atoms with E-state index in [9.17, 15) is 29.1 Å². The van der Waals surface area contributed by atoms with Gasteiger partial charge in [0.2, 0.25) is 23.6 Å². The van der Waals surface area contributed by atoms with Crippen LogP contribution in [0.5, 0.6) is 0 Å². The summed E-state index contributed by atoms with van der Waals surface area (Å²) in [6.07, 6.45) is 2.30. The summed E-state index contributed by atoms with van der Waals surface area (Å²) >= 11 is 5.50. The number of nitrogens with one attached hydrogen (secondary N) is 3. The van der Waals surface area contributed by atoms with Gasteiger partial charge in [0.05, 0.1) is 6.04 Å². The van der Waals surface area contributed by atoms with Gasteiger partial charge in [0.15, 0.2) is 0 Å². The smallest absolute Gasteiger partial charge is 0.326 e. The number of primary amides is 1. The van der Waals surface area contributed by atoms with E-state index < -0.39 is 53.8 Å². The molecule has 0 saturated heterocycles. The monoisotopic (exact) mass is 493 g/mol. The molecule has 0 bridgehead atoms. The molecule has 0 rings (SSSR count). The molecule has 13 heteroatoms. The fraction of sp³-hybridized carbons (Fsp3) is 0.737. The third-order valence-electron chi connectivity index (χ3n) is 4.91. The molecule has 0 aromatic carbocycles. The summed E-state index contributed by atoms with van der Waals surface area (Å²) in [6, 6.07) is -4.29. The van der Waals surface area contributed by atoms with Gasteiger partial charge in [-0.2, -0.15) is 24.4 Å². The van der Waals surface area contributed by atoms with Crippen LogP contribution in [0.4, 0.5) is 0 Å². The number of amides is 4. The lowest BCUT2D eigenvalue weighted by Crippen LogP contribution is -2.58. The molecule has 0 heterocycles. The average Bonchev–Trinajstić information content (AvgIpc) is 2.75. The van der Waals surface area contributed by atoms with Gasteiger partial charge in [-0.25, -0.2) is 4.79 Å². The second kappa shape index (κ2) is 15.8. The average molecular weight is 494 g/mol. The molecule has 4 amide bonds. The fourth-order valence-electron chi connectivity index (χ4n) is 2.57. The van der Waals surface area contributed by atoms with Crippen LogP contribution in [-0.2, 0) is 24.0 Å². The Kier molecular flexibility index (Phi) is 14.8. The molecule has 0 aliphatic rings. The SMILES string of the molecule is CCC(C)C(N)C(=O)NC(CS)C(=O)NC(CCC(N)=O)C(=O)NC(CCSC)C(=O)O. The Hall–Kier alpha value is -1.99. The zero-order valence-corrected chi connectivity index (χ0v) is 20.3. The minimum absolute atomic E-state index is 0.0690. The lowest BCUT2D eigenvalue weighted by molar-refractivity contribution is -0.142. The quantitative estimate of drug-likeness (QED) is 0.131. The molecule has 5 unspecified atom stereocenters. The van der Waals surface area contributed by atoms with Gasteiger partial charge in [-0.05, 0) is 30.8 Å². The largest absolute Gasteiger partial charge is 0.480 e. The van der Waals surface area contributed by atoms with Crippen LogP contribution < -0.4 is 27.4 Å². The van der Waals surface area contributed by atoms with E-state index in [-0.39, 0.29) is 30.9 Å². The van der Waals surface area contributed by atoms with Crippen molar-refractivity contribution in [3.05, 3.63) is 0 Å². The maximum absolute atomic E-state index is 12.7. The second-order valence-corrected chi connectivity index (χ2v) is 8.75. The Labute approximate surface area is 198 Å². The minimum atomic E-state index is -1.23. The van der Waals surface area contributed by atoms with Crippen molar-refractivity contribution in [2.45, 2.75) is 63.7 Å². The van der Waals surface area contributed by atoms with E-state index in [1.54, 1.807) is 13.2 Å². The number of hydrogen-bond donors (Lipinski definition) is 7. The molecule has 184 valence electrons. The molecule has 0 radical (unpaired) electrons. The summed E-state index contributed by atoms with van der Waals surface area (Å²) in [4.78, 5) is 60.3. The number of carbonyl (C=O) groups excluding carboxylic acids is 4. The van der Waals surface area contributed by atoms with Crippen molar-refractivity contribution in [2.24, 2.45) is 17.4 Å². The number of carbonyl (C=O) groups is 5. The number of aliphatic carboxylic acids is 1. The second-order valence-electron chi connectivity index (χ2n) is 7.40. The van der Waals surface area contributed by atoms with Gasteiger partial charge in [0, 0.05) is 12.2 Å². The molecule has 11 nitrogen and oxygen atoms in total. The van der Waals surface area contributed by atoms with Crippen molar-refractivity contribution >= 4 is 54.0 Å². The summed E-state index contributed by atoms with van der Waals surface area (Å²) in [7, 11) is 0. The standard InChI is InChI=1S/C19H35N5O6S2/c1-4-10(2)15(21)18(28)24-13(9-31)17(27)22-11(5-6-14(20)25)16(26)23-12(19(29)30)7-8-32-3/h10-13,15,31H,4-9,21H2,1-3H3,(H2,20,25)(H,22,27)(H,23,26)(H,24,28)(H,29,30). The van der Waals surface area contributed by atoms with Crippen LogP contribution in [0, 0.1) is 5.92 Å². The Bertz CT molecular complexity index is 666. The topological polar surface area (TPSA) is 194 Å². The fourth-order valence-corrected chi connectivity index (χ4v) is 3.30. The molecule has 0 aromatic rings. The van der Waals surface area contributed by atoms with Crippen LogP contribution >= 0.6 is 24.4 Å². The van der Waals surface area contributed by atoms with E-state index in [2.05, 4.69) is 28.6 Å². The Morgan fingerprint density at radius 3 is 1.97 bits per heavy atom. The van der Waals surface area contributed by atoms with E-state index in [0.29, 0.717) is 12.2 Å². The maximum Gasteiger partial charge on any atom is 0.326 e. The van der Waals surface area contributed by atoms with Crippen molar-refractivity contribution < 1.29 is 29.1 Å². The molecule has 32 heavy (non-hydrogen) atoms. The summed E-state index contributed by atoms with van der Waals surface area (Å²) < 4.78 is 0. The van der Waals surface area contributed by atoms with Crippen LogP contribution in [0.2, 0.25) is 0 Å². The summed E-state index contributed by atoms with van der Waals surface area (Å²) in [5, 5.41) is 16.6. The van der Waals surface area contributed by atoms with Crippen molar-refractivity contribution in [1.82, 2.24) is 16.0 Å². The van der Waals surface area contributed by atoms with Gasteiger partial charge in [0.25, 0.3) is 0 Å². The van der Waals surface area contributed by atoms with Gasteiger partial charge in [-0.3, -0.25) is 19.2 Å². The Balaban J connectivity index is 5.33. The molecule has 8 N–H and O–H groups in total. The first-order valence-electron chi connectivity index (χ1n) is 10.3. The van der Waals surface area contributed by atoms with E-state index in [1.165, 1.54) is 11.8 Å². The highest BCUT2D eigenvalue weighted by Crippen LogP contribution is 2.07. The van der Waals surface area contributed by atoms with Gasteiger partial charge in [-0.15, -0.1) is 0 Å². The number of carboxylic acid groups (broad SMARTS) is 1. The van der Waals surface area contributed by atoms with E-state index in [1.807, 2.05) is 6.92 Å². The van der Waals surface area contributed by atoms with Gasteiger partial charge in [-0.1, -0.05) is 20.3 Å². The zero-order chi connectivity index (χ0) is 24.8. The highest BCUT2D eigenvalue weighted by atomic mass is 32.2. The first kappa shape index (κ1) is 30.0. The Morgan fingerprint density at radius 2 is 1.50 bits per heavy atom. The van der Waals surface area contributed by atoms with Crippen LogP contribution in [0.1, 0.15) is 39.5 Å². The highest BCUT2D eigenvalue weighted by Gasteiger charge is 2.30. The predicted molar refractivity (Wildman–Crippen MR) is 126 cm³/mol. The maximum atomic E-state index is 12.7. The molecule has 0 aromatic heterocycles. The molecule has 0 aliphatic heterocycles. The molecule has 0 aliphatic carbocycles. The molecule has 0 saturated carbocycles. The lowest BCUT2D eigenvalue weighted by Gasteiger charge is -2.25. The van der Waals surface area contributed by atoms with Gasteiger partial charge >= 0.3 is 5.97 Å². The van der Waals surface area contributed by atoms with Crippen LogP contribution in [0.25, 0.3) is 0 Å². The molecule has 5 atom stereocenters. The summed E-state index contributed by atoms with van der Waals surface area (Å²) in [6.45, 7) is 3.69. The number of hydrogen-bond acceptors (Lipinski definition) is 8. The first-order chi connectivity index (χ1) is 15.0. The lowest BCUT2D eigenvalue weighted by atomic mass is 9.99. The molecule has 0 spiro atoms. The van der Waals surface area contributed by atoms with Gasteiger partial charge < -0.3 is 32.5 Å². The van der Waals surface area contributed by atoms with Crippen LogP contribution in [0.15, 0.2) is 0 Å². The van der Waals surface area contributed by atoms with Crippen molar-refractivity contribution in [1.29, 1.82) is 0 Å². The summed E-state index contributed by atoms with van der Waals surface area (Å²) in [5.74, 6) is -3.60. The molecular formula is C19H35N5O6S2. The van der Waals surface area contributed by atoms with Crippen LogP contribution in [0.3, 0.4) is 0 Å². The minimum Gasteiger partial charge on any atom is -0.480 e. The van der Waals surface area contributed by atoms with E-state index >= 15 is 0 Å². The first-order valence-corrected chi connectivity index (χ1v) is 12.3. The normalized spacial score (nSPS) is 15.5. The van der Waals surface area contributed by atoms with E-state index in [4.69, 9.17) is 11.5 Å².